The smallest absolute Gasteiger partial charge is 0.237 e. The van der Waals surface area contributed by atoms with Crippen molar-refractivity contribution in [2.45, 2.75) is 50.4 Å². The summed E-state index contributed by atoms with van der Waals surface area (Å²) in [5.74, 6) is 0.134. The Bertz CT molecular complexity index is 269. The number of amides is 1. The van der Waals surface area contributed by atoms with Crippen molar-refractivity contribution < 1.29 is 4.79 Å². The fourth-order valence-corrected chi connectivity index (χ4v) is 3.14. The van der Waals surface area contributed by atoms with Crippen LogP contribution in [0.3, 0.4) is 0 Å². The molecule has 1 heterocycles. The molecule has 1 atom stereocenters. The summed E-state index contributed by atoms with van der Waals surface area (Å²) in [7, 11) is 0. The van der Waals surface area contributed by atoms with E-state index in [1.807, 2.05) is 32.5 Å². The summed E-state index contributed by atoms with van der Waals surface area (Å²) in [6.07, 6.45) is 4.28. The molecule has 1 aliphatic rings. The van der Waals surface area contributed by atoms with Crippen molar-refractivity contribution in [2.75, 3.05) is 25.9 Å². The molecule has 5 heteroatoms. The van der Waals surface area contributed by atoms with E-state index in [0.29, 0.717) is 0 Å². The minimum atomic E-state index is -0.0370. The van der Waals surface area contributed by atoms with Crippen LogP contribution in [0.5, 0.6) is 0 Å². The Morgan fingerprint density at radius 3 is 2.33 bits per heavy atom. The number of nitrogens with zero attached hydrogens (tertiary/aromatic N) is 1. The Kier molecular flexibility index (Phi) is 5.95. The van der Waals surface area contributed by atoms with Crippen molar-refractivity contribution in [3.05, 3.63) is 0 Å². The zero-order valence-electron chi connectivity index (χ0n) is 12.0. The molecule has 0 aromatic rings. The first-order valence-electron chi connectivity index (χ1n) is 6.74. The third kappa shape index (κ3) is 3.87. The van der Waals surface area contributed by atoms with Crippen LogP contribution in [0.1, 0.15) is 33.6 Å². The topological polar surface area (TPSA) is 58.4 Å². The number of rotatable bonds is 5. The number of nitrogens with one attached hydrogen (secondary N) is 1. The third-order valence-corrected chi connectivity index (χ3v) is 5.31. The Hall–Kier alpha value is -0.260. The summed E-state index contributed by atoms with van der Waals surface area (Å²) in [4.78, 5) is 14.2. The first-order valence-corrected chi connectivity index (χ1v) is 7.96. The summed E-state index contributed by atoms with van der Waals surface area (Å²) >= 11 is 1.87. The van der Waals surface area contributed by atoms with Crippen molar-refractivity contribution in [1.82, 2.24) is 10.2 Å². The second kappa shape index (κ2) is 6.78. The van der Waals surface area contributed by atoms with Crippen molar-refractivity contribution in [2.24, 2.45) is 5.73 Å². The summed E-state index contributed by atoms with van der Waals surface area (Å²) in [5.41, 5.74) is 5.88. The van der Waals surface area contributed by atoms with Gasteiger partial charge in [0.1, 0.15) is 0 Å². The molecule has 0 aromatic heterocycles. The molecular weight excluding hydrogens is 246 g/mol. The van der Waals surface area contributed by atoms with E-state index in [0.717, 1.165) is 32.5 Å². The van der Waals surface area contributed by atoms with Gasteiger partial charge in [0.2, 0.25) is 5.91 Å². The molecule has 0 saturated carbocycles. The van der Waals surface area contributed by atoms with Crippen LogP contribution in [-0.2, 0) is 4.79 Å². The Balaban J connectivity index is 2.49. The minimum absolute atomic E-state index is 0.0370. The molecule has 18 heavy (non-hydrogen) atoms. The Morgan fingerprint density at radius 1 is 1.39 bits per heavy atom. The molecular formula is C13H27N3OS. The summed E-state index contributed by atoms with van der Waals surface area (Å²) in [5, 5.41) is 2.98. The number of nitrogens with two attached hydrogens (primary N) is 1. The van der Waals surface area contributed by atoms with E-state index in [1.54, 1.807) is 0 Å². The number of carbonyl (C=O) groups is 1. The van der Waals surface area contributed by atoms with Gasteiger partial charge in [0, 0.05) is 30.4 Å². The predicted octanol–water partition coefficient (Wildman–Crippen LogP) is 1.06. The maximum absolute atomic E-state index is 12.0. The van der Waals surface area contributed by atoms with E-state index in [4.69, 9.17) is 5.73 Å². The number of piperidine rings is 1. The van der Waals surface area contributed by atoms with Gasteiger partial charge in [-0.05, 0) is 39.9 Å². The van der Waals surface area contributed by atoms with Gasteiger partial charge >= 0.3 is 0 Å². The van der Waals surface area contributed by atoms with E-state index in [1.165, 1.54) is 0 Å². The van der Waals surface area contributed by atoms with Crippen molar-refractivity contribution >= 4 is 17.7 Å². The van der Waals surface area contributed by atoms with Crippen LogP contribution in [-0.4, -0.2) is 53.5 Å². The van der Waals surface area contributed by atoms with Crippen LogP contribution >= 0.6 is 11.8 Å². The lowest BCUT2D eigenvalue weighted by Gasteiger charge is -2.42. The second-order valence-electron chi connectivity index (χ2n) is 5.47. The summed E-state index contributed by atoms with van der Waals surface area (Å²) in [6.45, 7) is 8.64. The van der Waals surface area contributed by atoms with E-state index < -0.39 is 0 Å². The molecule has 0 aromatic carbocycles. The largest absolute Gasteiger partial charge is 0.353 e. The highest BCUT2D eigenvalue weighted by molar-refractivity contribution is 8.00. The van der Waals surface area contributed by atoms with Gasteiger partial charge in [0.25, 0.3) is 0 Å². The summed E-state index contributed by atoms with van der Waals surface area (Å²) in [6, 6.07) is 0.170. The van der Waals surface area contributed by atoms with Crippen LogP contribution in [0.4, 0.5) is 0 Å². The lowest BCUT2D eigenvalue weighted by atomic mass is 9.94. The molecule has 1 unspecified atom stereocenters. The van der Waals surface area contributed by atoms with Crippen molar-refractivity contribution in [1.29, 1.82) is 0 Å². The molecule has 1 rings (SSSR count). The van der Waals surface area contributed by atoms with E-state index in [2.05, 4.69) is 16.5 Å². The van der Waals surface area contributed by atoms with Gasteiger partial charge in [-0.1, -0.05) is 0 Å². The zero-order chi connectivity index (χ0) is 13.8. The van der Waals surface area contributed by atoms with Gasteiger partial charge in [-0.3, -0.25) is 9.69 Å². The van der Waals surface area contributed by atoms with E-state index >= 15 is 0 Å². The fraction of sp³-hybridized carbons (Fsp3) is 0.923. The molecule has 0 spiro atoms. The van der Waals surface area contributed by atoms with E-state index in [-0.39, 0.29) is 22.7 Å². The molecule has 1 saturated heterocycles. The average molecular weight is 273 g/mol. The normalized spacial score (nSPS) is 21.9. The van der Waals surface area contributed by atoms with Crippen LogP contribution in [0.2, 0.25) is 0 Å². The number of thioether (sulfide) groups is 1. The van der Waals surface area contributed by atoms with Gasteiger partial charge in [0.05, 0.1) is 6.04 Å². The highest BCUT2D eigenvalue weighted by Gasteiger charge is 2.35. The minimum Gasteiger partial charge on any atom is -0.353 e. The van der Waals surface area contributed by atoms with Gasteiger partial charge in [-0.15, -0.1) is 0 Å². The van der Waals surface area contributed by atoms with Crippen molar-refractivity contribution in [3.63, 3.8) is 0 Å². The molecule has 106 valence electrons. The molecule has 0 bridgehead atoms. The fourth-order valence-electron chi connectivity index (χ4n) is 2.38. The van der Waals surface area contributed by atoms with Crippen LogP contribution < -0.4 is 11.1 Å². The van der Waals surface area contributed by atoms with Crippen LogP contribution in [0.25, 0.3) is 0 Å². The molecule has 4 nitrogen and oxygen atoms in total. The molecule has 1 fully saturated rings. The first kappa shape index (κ1) is 15.8. The van der Waals surface area contributed by atoms with Gasteiger partial charge in [-0.25, -0.2) is 0 Å². The Morgan fingerprint density at radius 2 is 1.94 bits per heavy atom. The maximum atomic E-state index is 12.0. The average Bonchev–Trinajstić information content (AvgIpc) is 2.37. The standard InChI is InChI=1S/C13H27N3OS/c1-10(2)15-12(17)11(3)16-7-5-13(9-14,18-4)6-8-16/h10-11H,5-9,14H2,1-4H3,(H,15,17). The van der Waals surface area contributed by atoms with Gasteiger partial charge < -0.3 is 11.1 Å². The molecule has 3 N–H and O–H groups in total. The molecule has 0 aliphatic carbocycles. The predicted molar refractivity (Wildman–Crippen MR) is 78.8 cm³/mol. The monoisotopic (exact) mass is 273 g/mol. The van der Waals surface area contributed by atoms with Crippen molar-refractivity contribution in [3.8, 4) is 0 Å². The first-order chi connectivity index (χ1) is 8.44. The van der Waals surface area contributed by atoms with Gasteiger partial charge in [0.15, 0.2) is 0 Å². The zero-order valence-corrected chi connectivity index (χ0v) is 12.8. The summed E-state index contributed by atoms with van der Waals surface area (Å²) < 4.78 is 0.227. The van der Waals surface area contributed by atoms with E-state index in [9.17, 15) is 4.79 Å². The number of hydrogen-bond acceptors (Lipinski definition) is 4. The SMILES string of the molecule is CSC1(CN)CCN(C(C)C(=O)NC(C)C)CC1. The molecule has 1 aliphatic heterocycles. The quantitative estimate of drug-likeness (QED) is 0.786. The number of hydrogen-bond donors (Lipinski definition) is 2. The number of likely N-dealkylation sites (tertiary alicyclic amines) is 1. The third-order valence-electron chi connectivity index (χ3n) is 3.87. The van der Waals surface area contributed by atoms with Crippen LogP contribution in [0.15, 0.2) is 0 Å². The Labute approximate surface area is 115 Å². The second-order valence-corrected chi connectivity index (χ2v) is 6.74. The molecule has 1 amide bonds. The maximum Gasteiger partial charge on any atom is 0.237 e. The lowest BCUT2D eigenvalue weighted by Crippen LogP contribution is -2.53. The van der Waals surface area contributed by atoms with Gasteiger partial charge in [-0.2, -0.15) is 11.8 Å². The molecule has 0 radical (unpaired) electrons. The number of carbonyl (C=O) groups excluding carboxylic acids is 1. The van der Waals surface area contributed by atoms with Crippen LogP contribution in [0, 0.1) is 0 Å². The highest BCUT2D eigenvalue weighted by Crippen LogP contribution is 2.33. The highest BCUT2D eigenvalue weighted by atomic mass is 32.2. The lowest BCUT2D eigenvalue weighted by molar-refractivity contribution is -0.126.